The Bertz CT molecular complexity index is 807. The van der Waals surface area contributed by atoms with E-state index in [2.05, 4.69) is 5.32 Å². The van der Waals surface area contributed by atoms with Crippen LogP contribution in [0, 0.1) is 6.92 Å². The van der Waals surface area contributed by atoms with Crippen LogP contribution in [-0.4, -0.2) is 74.9 Å². The summed E-state index contributed by atoms with van der Waals surface area (Å²) in [6.07, 6.45) is 1.65. The Morgan fingerprint density at radius 2 is 1.78 bits per heavy atom. The Hall–Kier alpha value is -1.91. The van der Waals surface area contributed by atoms with Gasteiger partial charge >= 0.3 is 0 Å². The van der Waals surface area contributed by atoms with Gasteiger partial charge in [-0.1, -0.05) is 0 Å². The van der Waals surface area contributed by atoms with Gasteiger partial charge < -0.3 is 19.4 Å². The van der Waals surface area contributed by atoms with Crippen molar-refractivity contribution in [2.75, 3.05) is 39.4 Å². The summed E-state index contributed by atoms with van der Waals surface area (Å²) in [5, 5.41) is 2.58. The van der Waals surface area contributed by atoms with Crippen LogP contribution in [0.2, 0.25) is 0 Å². The summed E-state index contributed by atoms with van der Waals surface area (Å²) in [5.74, 6) is -0.777. The fourth-order valence-electron chi connectivity index (χ4n) is 3.29. The minimum Gasteiger partial charge on any atom is -0.455 e. The Morgan fingerprint density at radius 1 is 1.15 bits per heavy atom. The normalized spacial score (nSPS) is 19.9. The summed E-state index contributed by atoms with van der Waals surface area (Å²) in [5.41, 5.74) is 0. The number of ether oxygens (including phenoxy) is 1. The van der Waals surface area contributed by atoms with Crippen LogP contribution in [0.15, 0.2) is 15.4 Å². The number of carbonyl (C=O) groups excluding carboxylic acids is 2. The predicted octanol–water partition coefficient (Wildman–Crippen LogP) is 0.350. The van der Waals surface area contributed by atoms with Gasteiger partial charge in [0.25, 0.3) is 5.91 Å². The molecule has 0 saturated carbocycles. The van der Waals surface area contributed by atoms with E-state index in [1.54, 1.807) is 11.8 Å². The number of hydrogen-bond acceptors (Lipinski definition) is 6. The number of amides is 2. The van der Waals surface area contributed by atoms with Crippen molar-refractivity contribution in [2.45, 2.75) is 37.6 Å². The standard InChI is InChI=1S/C17H25N3O6S/c1-12(17(22)19-7-9-25-10-8-19)18-16(21)14-11-15(13(2)26-14)27(23,24)20-5-3-4-6-20/h11-12H,3-10H2,1-2H3,(H,18,21). The van der Waals surface area contributed by atoms with Gasteiger partial charge in [0.2, 0.25) is 15.9 Å². The average Bonchev–Trinajstić information content (AvgIpc) is 3.32. The molecule has 1 unspecified atom stereocenters. The highest BCUT2D eigenvalue weighted by Gasteiger charge is 2.32. The van der Waals surface area contributed by atoms with Crippen LogP contribution in [0.25, 0.3) is 0 Å². The Labute approximate surface area is 158 Å². The lowest BCUT2D eigenvalue weighted by atomic mass is 10.2. The maximum atomic E-state index is 12.7. The summed E-state index contributed by atoms with van der Waals surface area (Å²) >= 11 is 0. The van der Waals surface area contributed by atoms with Crippen LogP contribution in [0.1, 0.15) is 36.1 Å². The van der Waals surface area contributed by atoms with Gasteiger partial charge in [0.1, 0.15) is 16.7 Å². The first-order valence-electron chi connectivity index (χ1n) is 9.08. The molecule has 2 aliphatic heterocycles. The lowest BCUT2D eigenvalue weighted by Gasteiger charge is -2.29. The lowest BCUT2D eigenvalue weighted by Crippen LogP contribution is -2.50. The van der Waals surface area contributed by atoms with E-state index in [4.69, 9.17) is 9.15 Å². The minimum atomic E-state index is -3.67. The summed E-state index contributed by atoms with van der Waals surface area (Å²) in [6, 6.07) is 0.490. The van der Waals surface area contributed by atoms with E-state index < -0.39 is 22.0 Å². The molecule has 0 radical (unpaired) electrons. The van der Waals surface area contributed by atoms with Crippen molar-refractivity contribution >= 4 is 21.8 Å². The maximum absolute atomic E-state index is 12.7. The van der Waals surface area contributed by atoms with Gasteiger partial charge in [0, 0.05) is 32.2 Å². The van der Waals surface area contributed by atoms with E-state index in [1.165, 1.54) is 17.3 Å². The van der Waals surface area contributed by atoms with Crippen molar-refractivity contribution in [1.82, 2.24) is 14.5 Å². The fraction of sp³-hybridized carbons (Fsp3) is 0.647. The second-order valence-corrected chi connectivity index (χ2v) is 8.68. The first-order valence-corrected chi connectivity index (χ1v) is 10.5. The molecule has 9 nitrogen and oxygen atoms in total. The highest BCUT2D eigenvalue weighted by Crippen LogP contribution is 2.26. The second-order valence-electron chi connectivity index (χ2n) is 6.78. The molecule has 10 heteroatoms. The Kier molecular flexibility index (Phi) is 5.87. The van der Waals surface area contributed by atoms with Crippen LogP contribution >= 0.6 is 0 Å². The van der Waals surface area contributed by atoms with E-state index in [0.717, 1.165) is 12.8 Å². The topological polar surface area (TPSA) is 109 Å². The Morgan fingerprint density at radius 3 is 2.41 bits per heavy atom. The molecule has 1 N–H and O–H groups in total. The van der Waals surface area contributed by atoms with Crippen molar-refractivity contribution in [2.24, 2.45) is 0 Å². The number of aryl methyl sites for hydroxylation is 1. The number of furan rings is 1. The van der Waals surface area contributed by atoms with Crippen LogP contribution in [0.5, 0.6) is 0 Å². The molecule has 1 aromatic rings. The van der Waals surface area contributed by atoms with Gasteiger partial charge in [0.05, 0.1) is 13.2 Å². The summed E-state index contributed by atoms with van der Waals surface area (Å²) in [4.78, 5) is 26.5. The molecule has 1 atom stereocenters. The molecular formula is C17H25N3O6S. The zero-order chi connectivity index (χ0) is 19.6. The van der Waals surface area contributed by atoms with Gasteiger partial charge in [-0.2, -0.15) is 4.31 Å². The number of morpholine rings is 1. The molecule has 0 bridgehead atoms. The monoisotopic (exact) mass is 399 g/mol. The molecule has 2 aliphatic rings. The van der Waals surface area contributed by atoms with Gasteiger partial charge in [-0.05, 0) is 26.7 Å². The maximum Gasteiger partial charge on any atom is 0.287 e. The van der Waals surface area contributed by atoms with E-state index >= 15 is 0 Å². The number of rotatable bonds is 5. The highest BCUT2D eigenvalue weighted by molar-refractivity contribution is 7.89. The molecule has 2 amide bonds. The van der Waals surface area contributed by atoms with E-state index in [-0.39, 0.29) is 22.3 Å². The largest absolute Gasteiger partial charge is 0.455 e. The summed E-state index contributed by atoms with van der Waals surface area (Å²) in [6.45, 7) is 5.96. The first kappa shape index (κ1) is 19.8. The highest BCUT2D eigenvalue weighted by atomic mass is 32.2. The third kappa shape index (κ3) is 4.17. The van der Waals surface area contributed by atoms with Gasteiger partial charge in [-0.15, -0.1) is 0 Å². The fourth-order valence-corrected chi connectivity index (χ4v) is 4.97. The molecule has 1 aromatic heterocycles. The van der Waals surface area contributed by atoms with Crippen LogP contribution in [-0.2, 0) is 19.6 Å². The lowest BCUT2D eigenvalue weighted by molar-refractivity contribution is -0.136. The third-order valence-corrected chi connectivity index (χ3v) is 6.83. The quantitative estimate of drug-likeness (QED) is 0.765. The molecule has 3 rings (SSSR count). The molecular weight excluding hydrogens is 374 g/mol. The predicted molar refractivity (Wildman–Crippen MR) is 95.8 cm³/mol. The van der Waals surface area contributed by atoms with E-state index in [9.17, 15) is 18.0 Å². The molecule has 0 aromatic carbocycles. The van der Waals surface area contributed by atoms with Crippen molar-refractivity contribution in [3.63, 3.8) is 0 Å². The molecule has 2 saturated heterocycles. The van der Waals surface area contributed by atoms with Crippen LogP contribution in [0.3, 0.4) is 0 Å². The van der Waals surface area contributed by atoms with Crippen LogP contribution in [0.4, 0.5) is 0 Å². The van der Waals surface area contributed by atoms with Crippen molar-refractivity contribution in [1.29, 1.82) is 0 Å². The first-order chi connectivity index (χ1) is 12.8. The van der Waals surface area contributed by atoms with Gasteiger partial charge in [0.15, 0.2) is 5.76 Å². The van der Waals surface area contributed by atoms with Gasteiger partial charge in [-0.25, -0.2) is 8.42 Å². The van der Waals surface area contributed by atoms with Crippen LogP contribution < -0.4 is 5.32 Å². The number of carbonyl (C=O) groups is 2. The van der Waals surface area contributed by atoms with Gasteiger partial charge in [-0.3, -0.25) is 9.59 Å². The third-order valence-electron chi connectivity index (χ3n) is 4.82. The molecule has 0 spiro atoms. The second kappa shape index (κ2) is 7.99. The van der Waals surface area contributed by atoms with Crippen molar-refractivity contribution < 1.29 is 27.2 Å². The molecule has 27 heavy (non-hydrogen) atoms. The molecule has 2 fully saturated rings. The minimum absolute atomic E-state index is 0.00158. The molecule has 150 valence electrons. The van der Waals surface area contributed by atoms with Crippen molar-refractivity contribution in [3.05, 3.63) is 17.6 Å². The smallest absolute Gasteiger partial charge is 0.287 e. The molecule has 3 heterocycles. The zero-order valence-corrected chi connectivity index (χ0v) is 16.4. The summed E-state index contributed by atoms with van der Waals surface area (Å²) < 4.78 is 37.4. The Balaban J connectivity index is 1.69. The molecule has 0 aliphatic carbocycles. The van der Waals surface area contributed by atoms with E-state index in [0.29, 0.717) is 39.4 Å². The average molecular weight is 399 g/mol. The SMILES string of the molecule is Cc1oc(C(=O)NC(C)C(=O)N2CCOCC2)cc1S(=O)(=O)N1CCCC1. The number of sulfonamides is 1. The zero-order valence-electron chi connectivity index (χ0n) is 15.6. The number of hydrogen-bond donors (Lipinski definition) is 1. The number of nitrogens with one attached hydrogen (secondary N) is 1. The van der Waals surface area contributed by atoms with Crippen molar-refractivity contribution in [3.8, 4) is 0 Å². The van der Waals surface area contributed by atoms with E-state index in [1.807, 2.05) is 0 Å². The number of nitrogens with zero attached hydrogens (tertiary/aromatic N) is 2. The summed E-state index contributed by atoms with van der Waals surface area (Å²) in [7, 11) is -3.67.